The van der Waals surface area contributed by atoms with Crippen molar-refractivity contribution in [3.8, 4) is 11.3 Å². The van der Waals surface area contributed by atoms with E-state index in [2.05, 4.69) is 15.4 Å². The molecule has 2 heterocycles. The second-order valence-corrected chi connectivity index (χ2v) is 7.88. The molecule has 29 heavy (non-hydrogen) atoms. The van der Waals surface area contributed by atoms with Gasteiger partial charge in [-0.05, 0) is 42.8 Å². The monoisotopic (exact) mass is 413 g/mol. The van der Waals surface area contributed by atoms with E-state index < -0.39 is 27.5 Å². The molecule has 0 saturated carbocycles. The molecule has 0 bridgehead atoms. The molecule has 1 unspecified atom stereocenters. The Morgan fingerprint density at radius 1 is 1.10 bits per heavy atom. The van der Waals surface area contributed by atoms with E-state index in [9.17, 15) is 18.0 Å². The van der Waals surface area contributed by atoms with Gasteiger partial charge in [-0.15, -0.1) is 0 Å². The van der Waals surface area contributed by atoms with Gasteiger partial charge in [0.05, 0.1) is 10.6 Å². The Morgan fingerprint density at radius 2 is 1.76 bits per heavy atom. The molecule has 3 N–H and O–H groups in total. The van der Waals surface area contributed by atoms with Crippen LogP contribution < -0.4 is 16.0 Å². The van der Waals surface area contributed by atoms with Crippen LogP contribution in [0, 0.1) is 0 Å². The van der Waals surface area contributed by atoms with Gasteiger partial charge in [-0.1, -0.05) is 12.1 Å². The molecule has 3 rings (SSSR count). The van der Waals surface area contributed by atoms with Crippen molar-refractivity contribution < 1.29 is 13.2 Å². The number of benzene rings is 1. The summed E-state index contributed by atoms with van der Waals surface area (Å²) in [5.74, 6) is -0.401. The Kier molecular flexibility index (Phi) is 5.85. The van der Waals surface area contributed by atoms with Crippen LogP contribution >= 0.6 is 0 Å². The number of rotatable bonds is 6. The lowest BCUT2D eigenvalue weighted by molar-refractivity contribution is -0.124. The van der Waals surface area contributed by atoms with Crippen LogP contribution in [0.4, 0.5) is 0 Å². The maximum atomic E-state index is 12.5. The zero-order valence-electron chi connectivity index (χ0n) is 15.5. The highest BCUT2D eigenvalue weighted by Crippen LogP contribution is 2.14. The van der Waals surface area contributed by atoms with Crippen LogP contribution in [0.1, 0.15) is 18.5 Å². The molecule has 1 aromatic carbocycles. The molecular weight excluding hydrogens is 394 g/mol. The van der Waals surface area contributed by atoms with Crippen LogP contribution in [0.3, 0.4) is 0 Å². The Balaban J connectivity index is 1.72. The van der Waals surface area contributed by atoms with Crippen molar-refractivity contribution in [2.75, 3.05) is 0 Å². The van der Waals surface area contributed by atoms with Gasteiger partial charge in [0.2, 0.25) is 15.9 Å². The Hall–Kier alpha value is -3.37. The largest absolute Gasteiger partial charge is 0.350 e. The molecular formula is C19H19N5O4S. The standard InChI is InChI=1S/C19H19N5O4S/c1-13(19(26)22-12-14-2-4-16(5-3-14)29(20,27)28)24-18(25)7-6-17(23-24)15-8-10-21-11-9-15/h2-11,13H,12H2,1H3,(H,22,26)(H2,20,27,28). The quantitative estimate of drug-likeness (QED) is 0.614. The van der Waals surface area contributed by atoms with Gasteiger partial charge in [-0.3, -0.25) is 14.6 Å². The molecule has 0 fully saturated rings. The summed E-state index contributed by atoms with van der Waals surface area (Å²) in [6, 6.07) is 11.5. The van der Waals surface area contributed by atoms with E-state index >= 15 is 0 Å². The molecule has 0 aliphatic rings. The Labute approximate surface area is 167 Å². The third-order valence-electron chi connectivity index (χ3n) is 4.27. The molecule has 1 atom stereocenters. The molecule has 0 aliphatic carbocycles. The number of pyridine rings is 1. The summed E-state index contributed by atoms with van der Waals surface area (Å²) in [7, 11) is -3.77. The van der Waals surface area contributed by atoms with E-state index in [4.69, 9.17) is 5.14 Å². The zero-order chi connectivity index (χ0) is 21.0. The molecule has 2 aromatic heterocycles. The summed E-state index contributed by atoms with van der Waals surface area (Å²) in [4.78, 5) is 28.6. The summed E-state index contributed by atoms with van der Waals surface area (Å²) < 4.78 is 23.7. The van der Waals surface area contributed by atoms with E-state index in [1.165, 1.54) is 18.2 Å². The normalized spacial score (nSPS) is 12.3. The van der Waals surface area contributed by atoms with Crippen LogP contribution in [0.15, 0.2) is 70.6 Å². The minimum absolute atomic E-state index is 0.00961. The summed E-state index contributed by atoms with van der Waals surface area (Å²) in [5, 5.41) is 12.1. The molecule has 10 heteroatoms. The molecule has 1 amide bonds. The number of amides is 1. The van der Waals surface area contributed by atoms with Gasteiger partial charge >= 0.3 is 0 Å². The van der Waals surface area contributed by atoms with E-state index in [1.54, 1.807) is 49.6 Å². The number of hydrogen-bond acceptors (Lipinski definition) is 6. The average molecular weight is 413 g/mol. The van der Waals surface area contributed by atoms with E-state index in [-0.39, 0.29) is 11.4 Å². The molecule has 0 saturated heterocycles. The van der Waals surface area contributed by atoms with Gasteiger partial charge in [-0.2, -0.15) is 5.10 Å². The van der Waals surface area contributed by atoms with Crippen molar-refractivity contribution in [1.29, 1.82) is 0 Å². The number of carbonyl (C=O) groups is 1. The molecule has 3 aromatic rings. The Morgan fingerprint density at radius 3 is 2.38 bits per heavy atom. The van der Waals surface area contributed by atoms with Crippen molar-refractivity contribution in [1.82, 2.24) is 20.1 Å². The second kappa shape index (κ2) is 8.33. The van der Waals surface area contributed by atoms with Crippen molar-refractivity contribution >= 4 is 15.9 Å². The predicted octanol–water partition coefficient (Wildman–Crippen LogP) is 0.830. The first kappa shape index (κ1) is 20.4. The third-order valence-corrected chi connectivity index (χ3v) is 5.20. The topological polar surface area (TPSA) is 137 Å². The lowest BCUT2D eigenvalue weighted by Crippen LogP contribution is -2.36. The maximum Gasteiger partial charge on any atom is 0.267 e. The van der Waals surface area contributed by atoms with Gasteiger partial charge in [0.15, 0.2) is 0 Å². The third kappa shape index (κ3) is 4.92. The van der Waals surface area contributed by atoms with E-state index in [0.29, 0.717) is 11.3 Å². The number of hydrogen-bond donors (Lipinski definition) is 2. The summed E-state index contributed by atoms with van der Waals surface area (Å²) in [6.45, 7) is 1.73. The maximum absolute atomic E-state index is 12.5. The summed E-state index contributed by atoms with van der Waals surface area (Å²) >= 11 is 0. The van der Waals surface area contributed by atoms with E-state index in [0.717, 1.165) is 10.2 Å². The smallest absolute Gasteiger partial charge is 0.267 e. The van der Waals surface area contributed by atoms with E-state index in [1.807, 2.05) is 0 Å². The number of nitrogens with two attached hydrogens (primary N) is 1. The fourth-order valence-electron chi connectivity index (χ4n) is 2.62. The fourth-order valence-corrected chi connectivity index (χ4v) is 3.14. The number of carbonyl (C=O) groups excluding carboxylic acids is 1. The molecule has 9 nitrogen and oxygen atoms in total. The van der Waals surface area contributed by atoms with Crippen molar-refractivity contribution in [3.63, 3.8) is 0 Å². The van der Waals surface area contributed by atoms with Crippen LogP contribution in [-0.4, -0.2) is 29.1 Å². The number of sulfonamides is 1. The molecule has 0 radical (unpaired) electrons. The highest BCUT2D eigenvalue weighted by atomic mass is 32.2. The summed E-state index contributed by atoms with van der Waals surface area (Å²) in [6.07, 6.45) is 3.23. The van der Waals surface area contributed by atoms with Crippen LogP contribution in [0.25, 0.3) is 11.3 Å². The average Bonchev–Trinajstić information content (AvgIpc) is 2.72. The highest BCUT2D eigenvalue weighted by Gasteiger charge is 2.18. The van der Waals surface area contributed by atoms with Gasteiger partial charge in [0.1, 0.15) is 6.04 Å². The van der Waals surface area contributed by atoms with Crippen LogP contribution in [0.5, 0.6) is 0 Å². The van der Waals surface area contributed by atoms with Crippen LogP contribution in [0.2, 0.25) is 0 Å². The van der Waals surface area contributed by atoms with Gasteiger partial charge in [0, 0.05) is 30.6 Å². The van der Waals surface area contributed by atoms with Crippen molar-refractivity contribution in [2.45, 2.75) is 24.4 Å². The lowest BCUT2D eigenvalue weighted by atomic mass is 10.2. The van der Waals surface area contributed by atoms with Gasteiger partial charge in [0.25, 0.3) is 5.56 Å². The molecule has 0 spiro atoms. The number of nitrogens with one attached hydrogen (secondary N) is 1. The first-order valence-corrected chi connectivity index (χ1v) is 10.2. The lowest BCUT2D eigenvalue weighted by Gasteiger charge is -2.15. The Bertz CT molecular complexity index is 1180. The first-order valence-electron chi connectivity index (χ1n) is 8.65. The number of primary sulfonamides is 1. The molecule has 150 valence electrons. The fraction of sp³-hybridized carbons (Fsp3) is 0.158. The first-order chi connectivity index (χ1) is 13.8. The zero-order valence-corrected chi connectivity index (χ0v) is 16.3. The second-order valence-electron chi connectivity index (χ2n) is 6.32. The SMILES string of the molecule is CC(C(=O)NCc1ccc(S(N)(=O)=O)cc1)n1nc(-c2ccncc2)ccc1=O. The minimum atomic E-state index is -3.77. The number of aromatic nitrogens is 3. The summed E-state index contributed by atoms with van der Waals surface area (Å²) in [5.41, 5.74) is 1.60. The predicted molar refractivity (Wildman–Crippen MR) is 106 cm³/mol. The molecule has 0 aliphatic heterocycles. The minimum Gasteiger partial charge on any atom is -0.350 e. The van der Waals surface area contributed by atoms with Crippen molar-refractivity contribution in [2.24, 2.45) is 5.14 Å². The highest BCUT2D eigenvalue weighted by molar-refractivity contribution is 7.89. The van der Waals surface area contributed by atoms with Crippen molar-refractivity contribution in [3.05, 3.63) is 76.8 Å². The van der Waals surface area contributed by atoms with Crippen LogP contribution in [-0.2, 0) is 21.4 Å². The van der Waals surface area contributed by atoms with Gasteiger partial charge in [-0.25, -0.2) is 18.2 Å². The van der Waals surface area contributed by atoms with Gasteiger partial charge < -0.3 is 5.32 Å². The number of nitrogens with zero attached hydrogens (tertiary/aromatic N) is 3.